The first kappa shape index (κ1) is 16.0. The van der Waals surface area contributed by atoms with Crippen LogP contribution in [0.2, 0.25) is 0 Å². The highest BCUT2D eigenvalue weighted by Gasteiger charge is 2.14. The van der Waals surface area contributed by atoms with Crippen molar-refractivity contribution in [2.75, 3.05) is 11.9 Å². The second-order valence-electron chi connectivity index (χ2n) is 4.99. The monoisotopic (exact) mass is 327 g/mol. The number of nitrogens with one attached hydrogen (secondary N) is 2. The van der Waals surface area contributed by atoms with Gasteiger partial charge in [0.2, 0.25) is 5.91 Å². The summed E-state index contributed by atoms with van der Waals surface area (Å²) in [7, 11) is 0. The van der Waals surface area contributed by atoms with Crippen LogP contribution < -0.4 is 16.4 Å². The molecule has 0 aromatic heterocycles. The topological polar surface area (TPSA) is 67.1 Å². The lowest BCUT2D eigenvalue weighted by Crippen LogP contribution is -2.38. The molecule has 1 amide bonds. The number of amides is 1. The zero-order chi connectivity index (χ0) is 14.4. The van der Waals surface area contributed by atoms with Crippen molar-refractivity contribution in [2.45, 2.75) is 39.3 Å². The van der Waals surface area contributed by atoms with Crippen molar-refractivity contribution in [3.63, 3.8) is 0 Å². The third-order valence-corrected chi connectivity index (χ3v) is 3.34. The van der Waals surface area contributed by atoms with E-state index in [4.69, 9.17) is 5.73 Å². The number of hydrogen-bond acceptors (Lipinski definition) is 3. The lowest BCUT2D eigenvalue weighted by molar-refractivity contribution is -0.121. The van der Waals surface area contributed by atoms with Crippen LogP contribution in [0.3, 0.4) is 0 Å². The van der Waals surface area contributed by atoms with E-state index in [9.17, 15) is 4.79 Å². The third-order valence-electron chi connectivity index (χ3n) is 2.65. The fourth-order valence-electron chi connectivity index (χ4n) is 1.77. The van der Waals surface area contributed by atoms with E-state index in [-0.39, 0.29) is 18.0 Å². The number of rotatable bonds is 6. The fraction of sp³-hybridized carbons (Fsp3) is 0.500. The van der Waals surface area contributed by atoms with Gasteiger partial charge in [-0.15, -0.1) is 0 Å². The molecule has 0 fully saturated rings. The molecule has 1 aromatic carbocycles. The maximum atomic E-state index is 11.7. The van der Waals surface area contributed by atoms with Crippen LogP contribution >= 0.6 is 15.9 Å². The molecule has 1 aromatic rings. The average molecular weight is 328 g/mol. The van der Waals surface area contributed by atoms with Gasteiger partial charge in [-0.25, -0.2) is 0 Å². The van der Waals surface area contributed by atoms with E-state index in [1.165, 1.54) is 0 Å². The maximum absolute atomic E-state index is 11.7. The third kappa shape index (κ3) is 5.61. The number of benzene rings is 1. The van der Waals surface area contributed by atoms with Crippen molar-refractivity contribution in [3.05, 3.63) is 28.2 Å². The van der Waals surface area contributed by atoms with Crippen molar-refractivity contribution in [3.8, 4) is 0 Å². The number of aryl methyl sites for hydroxylation is 1. The summed E-state index contributed by atoms with van der Waals surface area (Å²) in [5.41, 5.74) is 7.86. The summed E-state index contributed by atoms with van der Waals surface area (Å²) in [6.45, 7) is 6.33. The largest absolute Gasteiger partial charge is 0.380 e. The Morgan fingerprint density at radius 2 is 2.11 bits per heavy atom. The minimum atomic E-state index is -0.0724. The molecule has 0 spiro atoms. The van der Waals surface area contributed by atoms with Gasteiger partial charge in [0, 0.05) is 35.2 Å². The highest BCUT2D eigenvalue weighted by Crippen LogP contribution is 2.24. The summed E-state index contributed by atoms with van der Waals surface area (Å²) in [5, 5.41) is 6.18. The van der Waals surface area contributed by atoms with Crippen molar-refractivity contribution < 1.29 is 4.79 Å². The van der Waals surface area contributed by atoms with E-state index in [1.54, 1.807) is 0 Å². The molecule has 0 aliphatic rings. The van der Waals surface area contributed by atoms with Crippen LogP contribution in [0.4, 0.5) is 5.69 Å². The molecule has 19 heavy (non-hydrogen) atoms. The first-order valence-electron chi connectivity index (χ1n) is 6.44. The summed E-state index contributed by atoms with van der Waals surface area (Å²) < 4.78 is 0.973. The van der Waals surface area contributed by atoms with Gasteiger partial charge in [-0.1, -0.05) is 6.07 Å². The molecule has 0 aliphatic carbocycles. The molecule has 0 aliphatic heterocycles. The van der Waals surface area contributed by atoms with Gasteiger partial charge in [-0.3, -0.25) is 4.79 Å². The summed E-state index contributed by atoms with van der Waals surface area (Å²) in [5.74, 6) is 0.0155. The second-order valence-corrected chi connectivity index (χ2v) is 5.84. The standard InChI is InChI=1S/C14H22BrN3O/c1-9(2)17-14(19)7-11(8-16)18-13-6-10(3)4-5-12(13)15/h4-6,9,11,18H,7-8,16H2,1-3H3,(H,17,19). The summed E-state index contributed by atoms with van der Waals surface area (Å²) >= 11 is 3.49. The van der Waals surface area contributed by atoms with Gasteiger partial charge in [0.1, 0.15) is 0 Å². The number of anilines is 1. The Labute approximate surface area is 123 Å². The Morgan fingerprint density at radius 1 is 1.42 bits per heavy atom. The number of hydrogen-bond donors (Lipinski definition) is 3. The molecule has 4 N–H and O–H groups in total. The van der Waals surface area contributed by atoms with Crippen LogP contribution in [-0.4, -0.2) is 24.5 Å². The van der Waals surface area contributed by atoms with E-state index < -0.39 is 0 Å². The molecule has 1 rings (SSSR count). The number of carbonyl (C=O) groups is 1. The van der Waals surface area contributed by atoms with Crippen LogP contribution in [0.1, 0.15) is 25.8 Å². The predicted octanol–water partition coefficient (Wildman–Crippen LogP) is 2.41. The summed E-state index contributed by atoms with van der Waals surface area (Å²) in [6.07, 6.45) is 0.370. The van der Waals surface area contributed by atoms with Crippen LogP contribution in [0, 0.1) is 6.92 Å². The predicted molar refractivity (Wildman–Crippen MR) is 83.2 cm³/mol. The smallest absolute Gasteiger partial charge is 0.222 e. The minimum Gasteiger partial charge on any atom is -0.380 e. The van der Waals surface area contributed by atoms with E-state index in [2.05, 4.69) is 26.6 Å². The number of carbonyl (C=O) groups excluding carboxylic acids is 1. The van der Waals surface area contributed by atoms with Crippen molar-refractivity contribution >= 4 is 27.5 Å². The molecule has 5 heteroatoms. The molecular formula is C14H22BrN3O. The van der Waals surface area contributed by atoms with Gasteiger partial charge in [-0.2, -0.15) is 0 Å². The Balaban J connectivity index is 2.66. The Kier molecular flexibility index (Phi) is 6.31. The van der Waals surface area contributed by atoms with Gasteiger partial charge < -0.3 is 16.4 Å². The van der Waals surface area contributed by atoms with Gasteiger partial charge in [0.25, 0.3) is 0 Å². The fourth-order valence-corrected chi connectivity index (χ4v) is 2.13. The number of nitrogens with two attached hydrogens (primary N) is 1. The summed E-state index contributed by atoms with van der Waals surface area (Å²) in [6, 6.07) is 6.12. The Hall–Kier alpha value is -1.07. The maximum Gasteiger partial charge on any atom is 0.222 e. The molecular weight excluding hydrogens is 306 g/mol. The highest BCUT2D eigenvalue weighted by atomic mass is 79.9. The van der Waals surface area contributed by atoms with Crippen molar-refractivity contribution in [1.29, 1.82) is 0 Å². The first-order chi connectivity index (χ1) is 8.92. The van der Waals surface area contributed by atoms with Gasteiger partial charge in [0.05, 0.1) is 0 Å². The number of halogens is 1. The lowest BCUT2D eigenvalue weighted by Gasteiger charge is -2.20. The first-order valence-corrected chi connectivity index (χ1v) is 7.23. The van der Waals surface area contributed by atoms with Crippen LogP contribution in [-0.2, 0) is 4.79 Å². The average Bonchev–Trinajstić information content (AvgIpc) is 2.31. The van der Waals surface area contributed by atoms with E-state index in [1.807, 2.05) is 39.0 Å². The molecule has 4 nitrogen and oxygen atoms in total. The summed E-state index contributed by atoms with van der Waals surface area (Å²) in [4.78, 5) is 11.7. The highest BCUT2D eigenvalue weighted by molar-refractivity contribution is 9.10. The molecule has 106 valence electrons. The normalized spacial score (nSPS) is 12.3. The Bertz CT molecular complexity index is 435. The molecule has 0 saturated carbocycles. The molecule has 0 heterocycles. The van der Waals surface area contributed by atoms with Crippen molar-refractivity contribution in [2.24, 2.45) is 5.73 Å². The van der Waals surface area contributed by atoms with E-state index in [0.29, 0.717) is 13.0 Å². The quantitative estimate of drug-likeness (QED) is 0.751. The molecule has 1 atom stereocenters. The molecule has 0 radical (unpaired) electrons. The zero-order valence-corrected chi connectivity index (χ0v) is 13.3. The van der Waals surface area contributed by atoms with Crippen LogP contribution in [0.15, 0.2) is 22.7 Å². The zero-order valence-electron chi connectivity index (χ0n) is 11.7. The van der Waals surface area contributed by atoms with Crippen LogP contribution in [0.5, 0.6) is 0 Å². The van der Waals surface area contributed by atoms with Crippen LogP contribution in [0.25, 0.3) is 0 Å². The molecule has 0 bridgehead atoms. The van der Waals surface area contributed by atoms with E-state index in [0.717, 1.165) is 15.7 Å². The molecule has 0 saturated heterocycles. The Morgan fingerprint density at radius 3 is 2.68 bits per heavy atom. The van der Waals surface area contributed by atoms with Gasteiger partial charge in [0.15, 0.2) is 0 Å². The lowest BCUT2D eigenvalue weighted by atomic mass is 10.1. The molecule has 1 unspecified atom stereocenters. The SMILES string of the molecule is Cc1ccc(Br)c(NC(CN)CC(=O)NC(C)C)c1. The van der Waals surface area contributed by atoms with E-state index >= 15 is 0 Å². The van der Waals surface area contributed by atoms with Gasteiger partial charge in [-0.05, 0) is 54.4 Å². The van der Waals surface area contributed by atoms with Gasteiger partial charge >= 0.3 is 0 Å². The minimum absolute atomic E-state index is 0.0155. The second kappa shape index (κ2) is 7.50. The van der Waals surface area contributed by atoms with Crippen molar-refractivity contribution in [1.82, 2.24) is 5.32 Å².